The summed E-state index contributed by atoms with van der Waals surface area (Å²) in [6.45, 7) is 3.30. The van der Waals surface area contributed by atoms with E-state index in [4.69, 9.17) is 9.84 Å². The number of likely N-dealkylation sites (tertiary alicyclic amines) is 1. The van der Waals surface area contributed by atoms with Crippen molar-refractivity contribution in [3.05, 3.63) is 29.8 Å². The molecule has 3 atom stereocenters. The van der Waals surface area contributed by atoms with Gasteiger partial charge in [-0.05, 0) is 43.9 Å². The van der Waals surface area contributed by atoms with Crippen LogP contribution in [0.1, 0.15) is 37.8 Å². The second-order valence-corrected chi connectivity index (χ2v) is 5.98. The topological polar surface area (TPSA) is 66.8 Å². The van der Waals surface area contributed by atoms with E-state index in [0.717, 1.165) is 30.7 Å². The van der Waals surface area contributed by atoms with E-state index in [0.29, 0.717) is 13.0 Å². The van der Waals surface area contributed by atoms with Crippen molar-refractivity contribution in [1.82, 2.24) is 4.90 Å². The first-order valence-electron chi connectivity index (χ1n) is 7.88. The monoisotopic (exact) mass is 303 g/mol. The fraction of sp³-hybridized carbons (Fsp3) is 0.529. The highest BCUT2D eigenvalue weighted by Crippen LogP contribution is 2.43. The predicted octanol–water partition coefficient (Wildman–Crippen LogP) is 2.47. The Balaban J connectivity index is 1.70. The van der Waals surface area contributed by atoms with Gasteiger partial charge in [0.15, 0.2) is 0 Å². The molecule has 118 valence electrons. The van der Waals surface area contributed by atoms with Gasteiger partial charge in [0.25, 0.3) is 0 Å². The number of aliphatic carboxylic acids is 1. The van der Waals surface area contributed by atoms with Crippen molar-refractivity contribution in [2.24, 2.45) is 11.8 Å². The maximum absolute atomic E-state index is 12.5. The summed E-state index contributed by atoms with van der Waals surface area (Å²) in [6.07, 6.45) is 2.39. The van der Waals surface area contributed by atoms with Crippen LogP contribution in [0.4, 0.5) is 0 Å². The zero-order valence-corrected chi connectivity index (χ0v) is 12.7. The second kappa shape index (κ2) is 5.99. The predicted molar refractivity (Wildman–Crippen MR) is 80.5 cm³/mol. The molecule has 2 aliphatic rings. The lowest BCUT2D eigenvalue weighted by Gasteiger charge is -2.25. The molecule has 0 bridgehead atoms. The van der Waals surface area contributed by atoms with E-state index in [1.165, 1.54) is 0 Å². The highest BCUT2D eigenvalue weighted by Gasteiger charge is 2.51. The molecule has 5 heteroatoms. The molecular formula is C17H21NO4. The highest BCUT2D eigenvalue weighted by atomic mass is 16.5. The molecule has 5 nitrogen and oxygen atoms in total. The van der Waals surface area contributed by atoms with Crippen LogP contribution in [0.25, 0.3) is 0 Å². The van der Waals surface area contributed by atoms with Crippen LogP contribution in [-0.2, 0) is 9.59 Å². The Kier molecular flexibility index (Phi) is 4.05. The Hall–Kier alpha value is -2.04. The minimum absolute atomic E-state index is 0.00350. The lowest BCUT2D eigenvalue weighted by Crippen LogP contribution is -2.32. The minimum atomic E-state index is -0.852. The molecule has 0 unspecified atom stereocenters. The highest BCUT2D eigenvalue weighted by molar-refractivity contribution is 5.89. The van der Waals surface area contributed by atoms with Gasteiger partial charge in [-0.3, -0.25) is 9.59 Å². The average Bonchev–Trinajstić information content (AvgIpc) is 3.18. The molecule has 0 spiro atoms. The zero-order chi connectivity index (χ0) is 15.7. The van der Waals surface area contributed by atoms with Crippen LogP contribution >= 0.6 is 0 Å². The second-order valence-electron chi connectivity index (χ2n) is 5.98. The quantitative estimate of drug-likeness (QED) is 0.907. The van der Waals surface area contributed by atoms with Crippen LogP contribution in [0, 0.1) is 11.8 Å². The maximum atomic E-state index is 12.5. The maximum Gasteiger partial charge on any atom is 0.307 e. The van der Waals surface area contributed by atoms with Crippen molar-refractivity contribution in [3.8, 4) is 5.75 Å². The number of carbonyl (C=O) groups is 2. The molecule has 1 saturated heterocycles. The van der Waals surface area contributed by atoms with Crippen LogP contribution < -0.4 is 4.74 Å². The van der Waals surface area contributed by atoms with Crippen molar-refractivity contribution < 1.29 is 19.4 Å². The number of ether oxygens (including phenoxy) is 1. The van der Waals surface area contributed by atoms with Gasteiger partial charge in [0.2, 0.25) is 5.91 Å². The summed E-state index contributed by atoms with van der Waals surface area (Å²) in [5.74, 6) is -0.816. The third kappa shape index (κ3) is 2.80. The molecule has 1 heterocycles. The van der Waals surface area contributed by atoms with E-state index in [9.17, 15) is 9.59 Å². The normalized spacial score (nSPS) is 26.8. The smallest absolute Gasteiger partial charge is 0.307 e. The van der Waals surface area contributed by atoms with E-state index in [1.807, 2.05) is 36.1 Å². The molecular weight excluding hydrogens is 282 g/mol. The average molecular weight is 303 g/mol. The van der Waals surface area contributed by atoms with E-state index in [-0.39, 0.29) is 17.9 Å². The lowest BCUT2D eigenvalue weighted by molar-refractivity contribution is -0.142. The van der Waals surface area contributed by atoms with E-state index in [1.54, 1.807) is 0 Å². The number of carbonyl (C=O) groups excluding carboxylic acids is 1. The number of amides is 1. The molecule has 1 saturated carbocycles. The third-order valence-electron chi connectivity index (χ3n) is 4.54. The molecule has 0 radical (unpaired) electrons. The van der Waals surface area contributed by atoms with Gasteiger partial charge in [0.05, 0.1) is 24.5 Å². The molecule has 1 N–H and O–H groups in total. The number of carboxylic acid groups (broad SMARTS) is 1. The number of hydrogen-bond donors (Lipinski definition) is 1. The van der Waals surface area contributed by atoms with Crippen molar-refractivity contribution in [3.63, 3.8) is 0 Å². The minimum Gasteiger partial charge on any atom is -0.494 e. The van der Waals surface area contributed by atoms with Gasteiger partial charge in [-0.1, -0.05) is 12.1 Å². The van der Waals surface area contributed by atoms with Gasteiger partial charge >= 0.3 is 5.97 Å². The lowest BCUT2D eigenvalue weighted by atomic mass is 10.0. The summed E-state index contributed by atoms with van der Waals surface area (Å²) < 4.78 is 5.44. The van der Waals surface area contributed by atoms with E-state index < -0.39 is 11.9 Å². The fourth-order valence-corrected chi connectivity index (χ4v) is 3.28. The van der Waals surface area contributed by atoms with Crippen molar-refractivity contribution in [2.75, 3.05) is 13.2 Å². The molecule has 22 heavy (non-hydrogen) atoms. The summed E-state index contributed by atoms with van der Waals surface area (Å²) in [7, 11) is 0. The van der Waals surface area contributed by atoms with Crippen LogP contribution in [0.2, 0.25) is 0 Å². The zero-order valence-electron chi connectivity index (χ0n) is 12.7. The number of rotatable bonds is 5. The van der Waals surface area contributed by atoms with Crippen molar-refractivity contribution in [1.29, 1.82) is 0 Å². The Morgan fingerprint density at radius 2 is 2.00 bits per heavy atom. The van der Waals surface area contributed by atoms with Crippen LogP contribution in [0.3, 0.4) is 0 Å². The van der Waals surface area contributed by atoms with Gasteiger partial charge in [-0.2, -0.15) is 0 Å². The van der Waals surface area contributed by atoms with Gasteiger partial charge in [0.1, 0.15) is 5.75 Å². The summed E-state index contributed by atoms with van der Waals surface area (Å²) >= 11 is 0. The summed E-state index contributed by atoms with van der Waals surface area (Å²) in [6, 6.07) is 7.93. The molecule has 0 aromatic heterocycles. The van der Waals surface area contributed by atoms with Crippen molar-refractivity contribution in [2.45, 2.75) is 32.2 Å². The number of nitrogens with zero attached hydrogens (tertiary/aromatic N) is 1. The van der Waals surface area contributed by atoms with Crippen LogP contribution in [-0.4, -0.2) is 35.0 Å². The molecule has 1 aromatic rings. The molecule has 1 aliphatic carbocycles. The Morgan fingerprint density at radius 3 is 2.59 bits per heavy atom. The third-order valence-corrected chi connectivity index (χ3v) is 4.54. The number of hydrogen-bond acceptors (Lipinski definition) is 3. The van der Waals surface area contributed by atoms with Gasteiger partial charge in [-0.25, -0.2) is 0 Å². The summed E-state index contributed by atoms with van der Waals surface area (Å²) in [4.78, 5) is 25.3. The molecule has 1 aromatic carbocycles. The molecule has 2 fully saturated rings. The SMILES string of the molecule is CCOc1ccc([C@@H]2CCCN2C(=O)[C@H]2C[C@@H]2C(=O)O)cc1. The Labute approximate surface area is 129 Å². The van der Waals surface area contributed by atoms with Crippen molar-refractivity contribution >= 4 is 11.9 Å². The van der Waals surface area contributed by atoms with Gasteiger partial charge < -0.3 is 14.7 Å². The van der Waals surface area contributed by atoms with Crippen LogP contribution in [0.5, 0.6) is 5.75 Å². The number of benzene rings is 1. The number of carboxylic acids is 1. The van der Waals surface area contributed by atoms with Gasteiger partial charge in [0, 0.05) is 6.54 Å². The molecule has 1 aliphatic heterocycles. The Morgan fingerprint density at radius 1 is 1.27 bits per heavy atom. The first kappa shape index (κ1) is 14.9. The first-order chi connectivity index (χ1) is 10.6. The van der Waals surface area contributed by atoms with Gasteiger partial charge in [-0.15, -0.1) is 0 Å². The summed E-state index contributed by atoms with van der Waals surface area (Å²) in [5.41, 5.74) is 1.10. The Bertz CT molecular complexity index is 569. The van der Waals surface area contributed by atoms with E-state index in [2.05, 4.69) is 0 Å². The largest absolute Gasteiger partial charge is 0.494 e. The molecule has 3 rings (SSSR count). The standard InChI is InChI=1S/C17H21NO4/c1-2-22-12-7-5-11(6-8-12)15-4-3-9-18(15)16(19)13-10-14(13)17(20)21/h5-8,13-15H,2-4,9-10H2,1H3,(H,20,21)/t13-,14-,15-/m0/s1. The van der Waals surface area contributed by atoms with Crippen LogP contribution in [0.15, 0.2) is 24.3 Å². The molecule has 1 amide bonds. The summed E-state index contributed by atoms with van der Waals surface area (Å²) in [5, 5.41) is 8.99. The van der Waals surface area contributed by atoms with E-state index >= 15 is 0 Å². The fourth-order valence-electron chi connectivity index (χ4n) is 3.28. The first-order valence-corrected chi connectivity index (χ1v) is 7.88.